The normalized spacial score (nSPS) is 25.7. The number of hydrogen-bond donors (Lipinski definition) is 0. The molecule has 27 heavy (non-hydrogen) atoms. The fraction of sp³-hybridized carbons (Fsp3) is 0.810. The maximum Gasteiger partial charge on any atom is 0.253 e. The maximum absolute atomic E-state index is 13.1. The van der Waals surface area contributed by atoms with Crippen molar-refractivity contribution in [3.05, 3.63) is 18.2 Å². The van der Waals surface area contributed by atoms with Crippen molar-refractivity contribution in [3.8, 4) is 0 Å². The van der Waals surface area contributed by atoms with Gasteiger partial charge in [0.15, 0.2) is 6.10 Å². The molecule has 1 aromatic heterocycles. The zero-order valence-corrected chi connectivity index (χ0v) is 16.9. The van der Waals surface area contributed by atoms with Gasteiger partial charge in [-0.3, -0.25) is 4.79 Å². The van der Waals surface area contributed by atoms with Crippen LogP contribution in [0.15, 0.2) is 12.4 Å². The first-order valence-electron chi connectivity index (χ1n) is 10.8. The number of nitrogens with zero attached hydrogens (tertiary/aromatic N) is 4. The summed E-state index contributed by atoms with van der Waals surface area (Å²) in [6.07, 6.45) is 10.1. The van der Waals surface area contributed by atoms with Crippen LogP contribution in [0.5, 0.6) is 0 Å². The molecule has 4 heterocycles. The zero-order chi connectivity index (χ0) is 18.9. The number of rotatable bonds is 4. The Hall–Kier alpha value is -1.40. The Kier molecular flexibility index (Phi) is 5.55. The molecule has 4 rings (SSSR count). The minimum atomic E-state index is -0.397. The van der Waals surface area contributed by atoms with Crippen molar-refractivity contribution in [1.29, 1.82) is 0 Å². The molecular weight excluding hydrogens is 340 g/mol. The largest absolute Gasteiger partial charge is 0.352 e. The monoisotopic (exact) mass is 374 g/mol. The van der Waals surface area contributed by atoms with E-state index in [4.69, 9.17) is 4.74 Å². The lowest BCUT2D eigenvalue weighted by molar-refractivity contribution is -0.181. The van der Waals surface area contributed by atoms with Gasteiger partial charge in [0, 0.05) is 38.6 Å². The van der Waals surface area contributed by atoms with Crippen molar-refractivity contribution in [1.82, 2.24) is 19.4 Å². The second-order valence-electron chi connectivity index (χ2n) is 8.91. The zero-order valence-electron chi connectivity index (χ0n) is 16.9. The molecule has 1 amide bonds. The molecule has 1 unspecified atom stereocenters. The van der Waals surface area contributed by atoms with E-state index in [9.17, 15) is 4.79 Å². The number of ether oxygens (including phenoxy) is 1. The highest BCUT2D eigenvalue weighted by atomic mass is 16.5. The maximum atomic E-state index is 13.1. The second-order valence-corrected chi connectivity index (χ2v) is 8.91. The average Bonchev–Trinajstić information content (AvgIpc) is 3.17. The summed E-state index contributed by atoms with van der Waals surface area (Å²) in [4.78, 5) is 22.3. The van der Waals surface area contributed by atoms with Gasteiger partial charge in [-0.2, -0.15) is 0 Å². The molecule has 6 heteroatoms. The third-order valence-electron chi connectivity index (χ3n) is 6.48. The van der Waals surface area contributed by atoms with Crippen LogP contribution < -0.4 is 0 Å². The van der Waals surface area contributed by atoms with Gasteiger partial charge in [0.1, 0.15) is 11.4 Å². The average molecular weight is 375 g/mol. The van der Waals surface area contributed by atoms with Crippen molar-refractivity contribution in [2.75, 3.05) is 32.7 Å². The molecule has 150 valence electrons. The number of aromatic nitrogens is 2. The summed E-state index contributed by atoms with van der Waals surface area (Å²) < 4.78 is 8.75. The lowest BCUT2D eigenvalue weighted by atomic mass is 9.88. The molecule has 1 atom stereocenters. The van der Waals surface area contributed by atoms with E-state index >= 15 is 0 Å². The van der Waals surface area contributed by atoms with E-state index in [-0.39, 0.29) is 12.0 Å². The van der Waals surface area contributed by atoms with E-state index in [2.05, 4.69) is 28.3 Å². The fourth-order valence-corrected chi connectivity index (χ4v) is 4.76. The number of hydrogen-bond acceptors (Lipinski definition) is 4. The van der Waals surface area contributed by atoms with Gasteiger partial charge in [-0.25, -0.2) is 4.98 Å². The SMILES string of the molecule is CC(C)CCN1CCC2(CC1)OC(C(=O)N1CCCCC1)Cn1ccnc12. The molecule has 0 aromatic carbocycles. The Morgan fingerprint density at radius 3 is 2.67 bits per heavy atom. The number of amides is 1. The summed E-state index contributed by atoms with van der Waals surface area (Å²) in [7, 11) is 0. The number of piperidine rings is 2. The third-order valence-corrected chi connectivity index (χ3v) is 6.48. The summed E-state index contributed by atoms with van der Waals surface area (Å²) in [6.45, 7) is 10.1. The number of carbonyl (C=O) groups excluding carboxylic acids is 1. The van der Waals surface area contributed by atoms with Crippen LogP contribution in [0, 0.1) is 5.92 Å². The smallest absolute Gasteiger partial charge is 0.253 e. The summed E-state index contributed by atoms with van der Waals surface area (Å²) in [5, 5.41) is 0. The molecule has 2 saturated heterocycles. The van der Waals surface area contributed by atoms with Crippen LogP contribution in [-0.2, 0) is 21.7 Å². The molecule has 0 aliphatic carbocycles. The highest BCUT2D eigenvalue weighted by molar-refractivity contribution is 5.81. The van der Waals surface area contributed by atoms with Gasteiger partial charge in [0.2, 0.25) is 0 Å². The molecule has 2 fully saturated rings. The summed E-state index contributed by atoms with van der Waals surface area (Å²) in [5.41, 5.74) is -0.397. The first-order valence-corrected chi connectivity index (χ1v) is 10.8. The van der Waals surface area contributed by atoms with Crippen LogP contribution in [0.2, 0.25) is 0 Å². The number of fused-ring (bicyclic) bond motifs is 2. The standard InChI is InChI=1S/C21H34N4O2/c1-17(2)6-12-23-13-7-21(8-14-23)20-22-9-15-25(20)16-18(27-21)19(26)24-10-4-3-5-11-24/h9,15,17-18H,3-8,10-14,16H2,1-2H3. The van der Waals surface area contributed by atoms with Gasteiger partial charge in [-0.15, -0.1) is 0 Å². The van der Waals surface area contributed by atoms with E-state index in [0.717, 1.165) is 70.1 Å². The van der Waals surface area contributed by atoms with Crippen molar-refractivity contribution in [3.63, 3.8) is 0 Å². The van der Waals surface area contributed by atoms with Gasteiger partial charge < -0.3 is 19.1 Å². The lowest BCUT2D eigenvalue weighted by Crippen LogP contribution is -2.55. The molecule has 0 N–H and O–H groups in total. The second kappa shape index (κ2) is 7.92. The Balaban J connectivity index is 1.47. The van der Waals surface area contributed by atoms with E-state index in [1.54, 1.807) is 0 Å². The third kappa shape index (κ3) is 3.92. The van der Waals surface area contributed by atoms with Crippen LogP contribution in [0.4, 0.5) is 0 Å². The quantitative estimate of drug-likeness (QED) is 0.813. The van der Waals surface area contributed by atoms with Crippen LogP contribution in [0.25, 0.3) is 0 Å². The number of carbonyl (C=O) groups is 1. The van der Waals surface area contributed by atoms with Gasteiger partial charge in [0.25, 0.3) is 5.91 Å². The number of likely N-dealkylation sites (tertiary alicyclic amines) is 2. The molecule has 6 nitrogen and oxygen atoms in total. The Labute approximate surface area is 162 Å². The lowest BCUT2D eigenvalue weighted by Gasteiger charge is -2.46. The van der Waals surface area contributed by atoms with Crippen LogP contribution in [0.3, 0.4) is 0 Å². The van der Waals surface area contributed by atoms with Crippen molar-refractivity contribution in [2.24, 2.45) is 5.92 Å². The van der Waals surface area contributed by atoms with Gasteiger partial charge in [0.05, 0.1) is 6.54 Å². The minimum Gasteiger partial charge on any atom is -0.352 e. The summed E-state index contributed by atoms with van der Waals surface area (Å²) in [5.74, 6) is 1.93. The molecular formula is C21H34N4O2. The minimum absolute atomic E-state index is 0.177. The Bertz CT molecular complexity index is 642. The highest BCUT2D eigenvalue weighted by Crippen LogP contribution is 2.40. The van der Waals surface area contributed by atoms with E-state index in [0.29, 0.717) is 6.54 Å². The predicted octanol–water partition coefficient (Wildman–Crippen LogP) is 2.63. The van der Waals surface area contributed by atoms with Crippen molar-refractivity contribution in [2.45, 2.75) is 70.6 Å². The van der Waals surface area contributed by atoms with Gasteiger partial charge in [-0.1, -0.05) is 13.8 Å². The van der Waals surface area contributed by atoms with Gasteiger partial charge in [-0.05, 0) is 51.0 Å². The Morgan fingerprint density at radius 1 is 1.22 bits per heavy atom. The topological polar surface area (TPSA) is 50.6 Å². The van der Waals surface area contributed by atoms with Crippen molar-refractivity contribution >= 4 is 5.91 Å². The molecule has 1 spiro atoms. The first kappa shape index (κ1) is 18.9. The molecule has 3 aliphatic rings. The van der Waals surface area contributed by atoms with E-state index in [1.807, 2.05) is 17.3 Å². The molecule has 0 saturated carbocycles. The van der Waals surface area contributed by atoms with Crippen molar-refractivity contribution < 1.29 is 9.53 Å². The molecule has 3 aliphatic heterocycles. The summed E-state index contributed by atoms with van der Waals surface area (Å²) >= 11 is 0. The van der Waals surface area contributed by atoms with E-state index < -0.39 is 5.60 Å². The molecule has 0 radical (unpaired) electrons. The van der Waals surface area contributed by atoms with Gasteiger partial charge >= 0.3 is 0 Å². The fourth-order valence-electron chi connectivity index (χ4n) is 4.76. The van der Waals surface area contributed by atoms with Crippen LogP contribution in [0.1, 0.15) is 58.2 Å². The molecule has 0 bridgehead atoms. The molecule has 1 aromatic rings. The highest BCUT2D eigenvalue weighted by Gasteiger charge is 2.47. The van der Waals surface area contributed by atoms with Crippen LogP contribution >= 0.6 is 0 Å². The summed E-state index contributed by atoms with van der Waals surface area (Å²) in [6, 6.07) is 0. The number of imidazole rings is 1. The Morgan fingerprint density at radius 2 is 1.96 bits per heavy atom. The predicted molar refractivity (Wildman–Crippen MR) is 104 cm³/mol. The van der Waals surface area contributed by atoms with E-state index in [1.165, 1.54) is 12.8 Å². The first-order chi connectivity index (χ1) is 13.1. The van der Waals surface area contributed by atoms with Crippen LogP contribution in [-0.4, -0.2) is 64.1 Å².